The molecule has 0 heterocycles. The van der Waals surface area contributed by atoms with Crippen LogP contribution in [0.3, 0.4) is 0 Å². The summed E-state index contributed by atoms with van der Waals surface area (Å²) in [4.78, 5) is 0. The highest BCUT2D eigenvalue weighted by molar-refractivity contribution is 5.42. The molecule has 1 rings (SSSR count). The van der Waals surface area contributed by atoms with Gasteiger partial charge in [-0.1, -0.05) is 26.0 Å². The second kappa shape index (κ2) is 6.25. The lowest BCUT2D eigenvalue weighted by atomic mass is 10.0. The molecule has 78 valence electrons. The molecule has 1 aromatic rings. The highest BCUT2D eigenvalue weighted by Crippen LogP contribution is 2.23. The van der Waals surface area contributed by atoms with Gasteiger partial charge in [-0.15, -0.1) is 6.58 Å². The van der Waals surface area contributed by atoms with Crippen LogP contribution in [0.1, 0.15) is 30.5 Å². The molecule has 1 heteroatoms. The Hall–Kier alpha value is -1.24. The Bertz CT molecular complexity index is 277. The molecular formula is C13H20O. The standard InChI is InChI=1S/C11H14O.C2H6/c1-4-5-10-9(3)6-8(2)7-11(10)12;1-2/h4,6-7,12H,1,5H2,2-3H3;1-2H3. The summed E-state index contributed by atoms with van der Waals surface area (Å²) in [6, 6.07) is 3.85. The van der Waals surface area contributed by atoms with Crippen LogP contribution in [0.5, 0.6) is 5.75 Å². The van der Waals surface area contributed by atoms with Crippen molar-refractivity contribution < 1.29 is 5.11 Å². The van der Waals surface area contributed by atoms with E-state index in [0.29, 0.717) is 5.75 Å². The van der Waals surface area contributed by atoms with Gasteiger partial charge >= 0.3 is 0 Å². The van der Waals surface area contributed by atoms with Gasteiger partial charge in [-0.3, -0.25) is 0 Å². The van der Waals surface area contributed by atoms with Gasteiger partial charge < -0.3 is 5.11 Å². The average Bonchev–Trinajstić information content (AvgIpc) is 2.14. The van der Waals surface area contributed by atoms with Crippen LogP contribution in [0, 0.1) is 13.8 Å². The molecule has 0 spiro atoms. The molecule has 0 saturated carbocycles. The molecule has 0 fully saturated rings. The fraction of sp³-hybridized carbons (Fsp3) is 0.385. The molecular weight excluding hydrogens is 172 g/mol. The quantitative estimate of drug-likeness (QED) is 0.707. The summed E-state index contributed by atoms with van der Waals surface area (Å²) in [5.74, 6) is 0.382. The number of benzene rings is 1. The van der Waals surface area contributed by atoms with Gasteiger partial charge in [-0.2, -0.15) is 0 Å². The Labute approximate surface area is 87.1 Å². The molecule has 0 atom stereocenters. The average molecular weight is 192 g/mol. The van der Waals surface area contributed by atoms with Crippen molar-refractivity contribution in [2.75, 3.05) is 0 Å². The molecule has 0 aliphatic rings. The highest BCUT2D eigenvalue weighted by atomic mass is 16.3. The molecule has 0 bridgehead atoms. The fourth-order valence-electron chi connectivity index (χ4n) is 1.38. The van der Waals surface area contributed by atoms with Crippen LogP contribution in [0.2, 0.25) is 0 Å². The first kappa shape index (κ1) is 12.8. The van der Waals surface area contributed by atoms with Crippen molar-refractivity contribution in [3.05, 3.63) is 41.5 Å². The Kier molecular flexibility index (Phi) is 5.70. The van der Waals surface area contributed by atoms with Crippen LogP contribution in [-0.4, -0.2) is 5.11 Å². The van der Waals surface area contributed by atoms with E-state index in [2.05, 4.69) is 12.6 Å². The number of allylic oxidation sites excluding steroid dienone is 1. The molecule has 14 heavy (non-hydrogen) atoms. The summed E-state index contributed by atoms with van der Waals surface area (Å²) in [5, 5.41) is 9.56. The van der Waals surface area contributed by atoms with Gasteiger partial charge in [-0.25, -0.2) is 0 Å². The molecule has 0 aliphatic heterocycles. The molecule has 1 N–H and O–H groups in total. The van der Waals surface area contributed by atoms with E-state index in [0.717, 1.165) is 23.1 Å². The number of hydrogen-bond acceptors (Lipinski definition) is 1. The molecule has 0 amide bonds. The zero-order chi connectivity index (χ0) is 11.1. The first-order valence-corrected chi connectivity index (χ1v) is 5.05. The van der Waals surface area contributed by atoms with Gasteiger partial charge in [0, 0.05) is 5.56 Å². The van der Waals surface area contributed by atoms with E-state index in [1.165, 1.54) is 0 Å². The minimum absolute atomic E-state index is 0.382. The third kappa shape index (κ3) is 3.25. The summed E-state index contributed by atoms with van der Waals surface area (Å²) in [6.07, 6.45) is 2.54. The number of phenolic OH excluding ortho intramolecular Hbond substituents is 1. The maximum atomic E-state index is 9.56. The summed E-state index contributed by atoms with van der Waals surface area (Å²) in [7, 11) is 0. The minimum Gasteiger partial charge on any atom is -0.508 e. The van der Waals surface area contributed by atoms with Gasteiger partial charge in [0.1, 0.15) is 5.75 Å². The number of hydrogen-bond donors (Lipinski definition) is 1. The van der Waals surface area contributed by atoms with Gasteiger partial charge in [0.2, 0.25) is 0 Å². The molecule has 1 nitrogen and oxygen atoms in total. The molecule has 0 aliphatic carbocycles. The summed E-state index contributed by atoms with van der Waals surface area (Å²) < 4.78 is 0. The predicted octanol–water partition coefficient (Wildman–Crippen LogP) is 3.76. The Morgan fingerprint density at radius 1 is 1.29 bits per heavy atom. The lowest BCUT2D eigenvalue weighted by Gasteiger charge is -2.06. The molecule has 0 unspecified atom stereocenters. The van der Waals surface area contributed by atoms with Crippen molar-refractivity contribution >= 4 is 0 Å². The third-order valence-electron chi connectivity index (χ3n) is 1.94. The first-order valence-electron chi connectivity index (χ1n) is 5.05. The summed E-state index contributed by atoms with van der Waals surface area (Å²) >= 11 is 0. The van der Waals surface area contributed by atoms with Gasteiger partial charge in [0.05, 0.1) is 0 Å². The van der Waals surface area contributed by atoms with Crippen molar-refractivity contribution in [2.24, 2.45) is 0 Å². The van der Waals surface area contributed by atoms with Gasteiger partial charge in [0.15, 0.2) is 0 Å². The Balaban J connectivity index is 0.000000791. The monoisotopic (exact) mass is 192 g/mol. The second-order valence-corrected chi connectivity index (χ2v) is 3.07. The number of aromatic hydroxyl groups is 1. The molecule has 0 saturated heterocycles. The van der Waals surface area contributed by atoms with Crippen molar-refractivity contribution in [1.29, 1.82) is 0 Å². The summed E-state index contributed by atoms with van der Waals surface area (Å²) in [5.41, 5.74) is 3.21. The van der Waals surface area contributed by atoms with Crippen molar-refractivity contribution in [2.45, 2.75) is 34.1 Å². The van der Waals surface area contributed by atoms with E-state index in [-0.39, 0.29) is 0 Å². The largest absolute Gasteiger partial charge is 0.508 e. The molecule has 0 aromatic heterocycles. The van der Waals surface area contributed by atoms with E-state index in [1.54, 1.807) is 12.1 Å². The SMILES string of the molecule is C=CCc1c(C)cc(C)cc1O.CC. The normalized spacial score (nSPS) is 8.86. The van der Waals surface area contributed by atoms with E-state index in [9.17, 15) is 5.11 Å². The lowest BCUT2D eigenvalue weighted by molar-refractivity contribution is 0.468. The zero-order valence-electron chi connectivity index (χ0n) is 9.59. The first-order chi connectivity index (χ1) is 6.65. The number of aryl methyl sites for hydroxylation is 2. The lowest BCUT2D eigenvalue weighted by Crippen LogP contribution is -1.89. The summed E-state index contributed by atoms with van der Waals surface area (Å²) in [6.45, 7) is 11.6. The maximum absolute atomic E-state index is 9.56. The Morgan fingerprint density at radius 3 is 2.29 bits per heavy atom. The van der Waals surface area contributed by atoms with Crippen LogP contribution in [-0.2, 0) is 6.42 Å². The van der Waals surface area contributed by atoms with Crippen LogP contribution in [0.15, 0.2) is 24.8 Å². The van der Waals surface area contributed by atoms with Gasteiger partial charge in [0.25, 0.3) is 0 Å². The fourth-order valence-corrected chi connectivity index (χ4v) is 1.38. The predicted molar refractivity (Wildman–Crippen MR) is 62.8 cm³/mol. The van der Waals surface area contributed by atoms with Crippen LogP contribution in [0.25, 0.3) is 0 Å². The van der Waals surface area contributed by atoms with E-state index < -0.39 is 0 Å². The minimum atomic E-state index is 0.382. The van der Waals surface area contributed by atoms with Crippen LogP contribution < -0.4 is 0 Å². The highest BCUT2D eigenvalue weighted by Gasteiger charge is 2.03. The van der Waals surface area contributed by atoms with Crippen molar-refractivity contribution in [3.8, 4) is 5.75 Å². The topological polar surface area (TPSA) is 20.2 Å². The van der Waals surface area contributed by atoms with Crippen LogP contribution >= 0.6 is 0 Å². The van der Waals surface area contributed by atoms with Crippen molar-refractivity contribution in [1.82, 2.24) is 0 Å². The smallest absolute Gasteiger partial charge is 0.119 e. The van der Waals surface area contributed by atoms with Gasteiger partial charge in [-0.05, 0) is 37.5 Å². The molecule has 0 radical (unpaired) electrons. The van der Waals surface area contributed by atoms with E-state index in [4.69, 9.17) is 0 Å². The third-order valence-corrected chi connectivity index (χ3v) is 1.94. The molecule has 1 aromatic carbocycles. The Morgan fingerprint density at radius 2 is 1.86 bits per heavy atom. The number of rotatable bonds is 2. The van der Waals surface area contributed by atoms with Crippen molar-refractivity contribution in [3.63, 3.8) is 0 Å². The number of phenols is 1. The van der Waals surface area contributed by atoms with E-state index >= 15 is 0 Å². The van der Waals surface area contributed by atoms with E-state index in [1.807, 2.05) is 27.7 Å². The second-order valence-electron chi connectivity index (χ2n) is 3.07. The zero-order valence-corrected chi connectivity index (χ0v) is 9.59. The maximum Gasteiger partial charge on any atom is 0.119 e. The van der Waals surface area contributed by atoms with Crippen LogP contribution in [0.4, 0.5) is 0 Å².